The van der Waals surface area contributed by atoms with E-state index in [1.54, 1.807) is 7.05 Å². The molecule has 1 unspecified atom stereocenters. The zero-order chi connectivity index (χ0) is 11.3. The van der Waals surface area contributed by atoms with E-state index in [9.17, 15) is 4.79 Å². The Balaban J connectivity index is 2.42. The first-order chi connectivity index (χ1) is 7.15. The molecule has 6 heteroatoms. The van der Waals surface area contributed by atoms with Crippen molar-refractivity contribution in [1.29, 1.82) is 0 Å². The molecule has 0 saturated carbocycles. The zero-order valence-corrected chi connectivity index (χ0v) is 9.18. The summed E-state index contributed by atoms with van der Waals surface area (Å²) in [6.45, 7) is 2.58. The molecule has 84 valence electrons. The molecule has 1 aromatic heterocycles. The molecule has 1 rings (SSSR count). The van der Waals surface area contributed by atoms with E-state index in [0.717, 1.165) is 6.42 Å². The number of Topliss-reactive ketones (excluding diaryl/α,β-unsaturated/α-hetero) is 1. The maximum atomic E-state index is 11.6. The van der Waals surface area contributed by atoms with Gasteiger partial charge in [-0.1, -0.05) is 13.3 Å². The van der Waals surface area contributed by atoms with Crippen molar-refractivity contribution in [2.75, 3.05) is 6.54 Å². The highest BCUT2D eigenvalue weighted by atomic mass is 16.1. The summed E-state index contributed by atoms with van der Waals surface area (Å²) in [5, 5.41) is 11.4. The minimum atomic E-state index is 0.125. The summed E-state index contributed by atoms with van der Waals surface area (Å²) in [7, 11) is 1.68. The third-order valence-corrected chi connectivity index (χ3v) is 2.33. The zero-order valence-electron chi connectivity index (χ0n) is 9.18. The maximum Gasteiger partial charge on any atom is 0.182 e. The van der Waals surface area contributed by atoms with Crippen LogP contribution in [0.15, 0.2) is 0 Å². The first-order valence-corrected chi connectivity index (χ1v) is 5.10. The number of hydrogen-bond acceptors (Lipinski definition) is 5. The van der Waals surface area contributed by atoms with Gasteiger partial charge in [0.15, 0.2) is 5.82 Å². The summed E-state index contributed by atoms with van der Waals surface area (Å²) < 4.78 is 0. The molecular weight excluding hydrogens is 194 g/mol. The Kier molecular flexibility index (Phi) is 4.36. The lowest BCUT2D eigenvalue weighted by molar-refractivity contribution is -0.119. The molecule has 0 bridgehead atoms. The molecule has 0 aliphatic carbocycles. The number of aromatic nitrogens is 4. The van der Waals surface area contributed by atoms with Crippen LogP contribution in [0.2, 0.25) is 0 Å². The third-order valence-electron chi connectivity index (χ3n) is 2.33. The standard InChI is InChI=1S/C9H17N5O/c1-3-7(6-10)4-8(15)5-9-11-13-14(2)12-9/h7H,3-6,10H2,1-2H3. The van der Waals surface area contributed by atoms with E-state index in [0.29, 0.717) is 18.8 Å². The average Bonchev–Trinajstić information content (AvgIpc) is 2.60. The minimum absolute atomic E-state index is 0.125. The third kappa shape index (κ3) is 3.75. The Labute approximate surface area is 88.8 Å². The number of tetrazole rings is 1. The van der Waals surface area contributed by atoms with Gasteiger partial charge in [-0.25, -0.2) is 0 Å². The van der Waals surface area contributed by atoms with Crippen LogP contribution in [-0.2, 0) is 18.3 Å². The lowest BCUT2D eigenvalue weighted by Crippen LogP contribution is -2.18. The van der Waals surface area contributed by atoms with Crippen LogP contribution in [0.1, 0.15) is 25.6 Å². The molecule has 15 heavy (non-hydrogen) atoms. The Morgan fingerprint density at radius 1 is 1.60 bits per heavy atom. The van der Waals surface area contributed by atoms with Gasteiger partial charge in [0, 0.05) is 6.42 Å². The van der Waals surface area contributed by atoms with E-state index in [2.05, 4.69) is 15.4 Å². The van der Waals surface area contributed by atoms with Gasteiger partial charge in [-0.2, -0.15) is 4.80 Å². The van der Waals surface area contributed by atoms with E-state index < -0.39 is 0 Å². The van der Waals surface area contributed by atoms with Gasteiger partial charge in [0.05, 0.1) is 13.5 Å². The minimum Gasteiger partial charge on any atom is -0.330 e. The lowest BCUT2D eigenvalue weighted by Gasteiger charge is -2.09. The van der Waals surface area contributed by atoms with Crippen molar-refractivity contribution in [2.45, 2.75) is 26.2 Å². The second-order valence-corrected chi connectivity index (χ2v) is 3.62. The van der Waals surface area contributed by atoms with Crippen LogP contribution in [-0.4, -0.2) is 32.5 Å². The molecule has 0 fully saturated rings. The number of carbonyl (C=O) groups is 1. The predicted octanol–water partition coefficient (Wildman–Crippen LogP) is -0.303. The molecule has 0 aromatic carbocycles. The molecule has 6 nitrogen and oxygen atoms in total. The van der Waals surface area contributed by atoms with E-state index in [4.69, 9.17) is 5.73 Å². The molecule has 1 heterocycles. The number of hydrogen-bond donors (Lipinski definition) is 1. The summed E-state index contributed by atoms with van der Waals surface area (Å²) in [4.78, 5) is 12.9. The van der Waals surface area contributed by atoms with Gasteiger partial charge in [0.25, 0.3) is 0 Å². The van der Waals surface area contributed by atoms with Crippen LogP contribution in [0.4, 0.5) is 0 Å². The Bertz CT molecular complexity index is 318. The highest BCUT2D eigenvalue weighted by molar-refractivity contribution is 5.80. The number of rotatable bonds is 6. The number of nitrogens with zero attached hydrogens (tertiary/aromatic N) is 4. The predicted molar refractivity (Wildman–Crippen MR) is 55.0 cm³/mol. The molecule has 0 aliphatic heterocycles. The van der Waals surface area contributed by atoms with Crippen molar-refractivity contribution < 1.29 is 4.79 Å². The van der Waals surface area contributed by atoms with Gasteiger partial charge < -0.3 is 5.73 Å². The molecule has 0 radical (unpaired) electrons. The molecule has 0 saturated heterocycles. The number of carbonyl (C=O) groups excluding carboxylic acids is 1. The SMILES string of the molecule is CCC(CN)CC(=O)Cc1nnn(C)n1. The molecule has 0 amide bonds. The van der Waals surface area contributed by atoms with Gasteiger partial charge >= 0.3 is 0 Å². The number of ketones is 1. The number of nitrogens with two attached hydrogens (primary N) is 1. The Morgan fingerprint density at radius 3 is 2.80 bits per heavy atom. The monoisotopic (exact) mass is 211 g/mol. The fourth-order valence-corrected chi connectivity index (χ4v) is 1.36. The van der Waals surface area contributed by atoms with Crippen LogP contribution in [0.5, 0.6) is 0 Å². The highest BCUT2D eigenvalue weighted by Crippen LogP contribution is 2.08. The number of aryl methyl sites for hydroxylation is 1. The normalized spacial score (nSPS) is 12.7. The fraction of sp³-hybridized carbons (Fsp3) is 0.778. The highest BCUT2D eigenvalue weighted by Gasteiger charge is 2.13. The maximum absolute atomic E-state index is 11.6. The average molecular weight is 211 g/mol. The summed E-state index contributed by atoms with van der Waals surface area (Å²) >= 11 is 0. The van der Waals surface area contributed by atoms with Gasteiger partial charge in [-0.05, 0) is 17.7 Å². The van der Waals surface area contributed by atoms with Crippen LogP contribution in [0, 0.1) is 5.92 Å². The smallest absolute Gasteiger partial charge is 0.182 e. The lowest BCUT2D eigenvalue weighted by atomic mass is 9.98. The van der Waals surface area contributed by atoms with E-state index in [-0.39, 0.29) is 18.1 Å². The second-order valence-electron chi connectivity index (χ2n) is 3.62. The van der Waals surface area contributed by atoms with Gasteiger partial charge in [0.1, 0.15) is 5.78 Å². The van der Waals surface area contributed by atoms with E-state index in [1.165, 1.54) is 4.80 Å². The largest absolute Gasteiger partial charge is 0.330 e. The first-order valence-electron chi connectivity index (χ1n) is 5.10. The Hall–Kier alpha value is -1.30. The molecule has 0 aliphatic rings. The quantitative estimate of drug-likeness (QED) is 0.698. The van der Waals surface area contributed by atoms with Gasteiger partial charge in [0.2, 0.25) is 0 Å². The first kappa shape index (κ1) is 11.8. The van der Waals surface area contributed by atoms with Crippen molar-refractivity contribution in [3.8, 4) is 0 Å². The molecule has 1 atom stereocenters. The van der Waals surface area contributed by atoms with Crippen molar-refractivity contribution in [3.05, 3.63) is 5.82 Å². The van der Waals surface area contributed by atoms with Crippen LogP contribution >= 0.6 is 0 Å². The van der Waals surface area contributed by atoms with E-state index in [1.807, 2.05) is 6.92 Å². The van der Waals surface area contributed by atoms with Crippen molar-refractivity contribution in [2.24, 2.45) is 18.7 Å². The summed E-state index contributed by atoms with van der Waals surface area (Å²) in [6.07, 6.45) is 1.69. The molecular formula is C9H17N5O. The van der Waals surface area contributed by atoms with Crippen LogP contribution in [0.3, 0.4) is 0 Å². The molecule has 1 aromatic rings. The van der Waals surface area contributed by atoms with Crippen molar-refractivity contribution in [1.82, 2.24) is 20.2 Å². The Morgan fingerprint density at radius 2 is 2.33 bits per heavy atom. The molecule has 0 spiro atoms. The fourth-order valence-electron chi connectivity index (χ4n) is 1.36. The summed E-state index contributed by atoms with van der Waals surface area (Å²) in [5.74, 6) is 0.879. The van der Waals surface area contributed by atoms with E-state index >= 15 is 0 Å². The van der Waals surface area contributed by atoms with Gasteiger partial charge in [-0.15, -0.1) is 10.2 Å². The van der Waals surface area contributed by atoms with Crippen molar-refractivity contribution in [3.63, 3.8) is 0 Å². The van der Waals surface area contributed by atoms with Crippen LogP contribution in [0.25, 0.3) is 0 Å². The van der Waals surface area contributed by atoms with Gasteiger partial charge in [-0.3, -0.25) is 4.79 Å². The second kappa shape index (κ2) is 5.55. The summed E-state index contributed by atoms with van der Waals surface area (Å²) in [6, 6.07) is 0. The van der Waals surface area contributed by atoms with Crippen LogP contribution < -0.4 is 5.73 Å². The topological polar surface area (TPSA) is 86.7 Å². The molecule has 2 N–H and O–H groups in total. The summed E-state index contributed by atoms with van der Waals surface area (Å²) in [5.41, 5.74) is 5.53. The van der Waals surface area contributed by atoms with Crippen molar-refractivity contribution >= 4 is 5.78 Å².